The van der Waals surface area contributed by atoms with Crippen LogP contribution in [-0.4, -0.2) is 30.6 Å². The molecule has 20 heavy (non-hydrogen) atoms. The summed E-state index contributed by atoms with van der Waals surface area (Å²) in [5.41, 5.74) is 0.608. The predicted octanol–water partition coefficient (Wildman–Crippen LogP) is 3.17. The number of methoxy groups -OCH3 is 1. The largest absolute Gasteiger partial charge is 0.497 e. The van der Waals surface area contributed by atoms with E-state index in [-0.39, 0.29) is 23.2 Å². The molecule has 0 radical (unpaired) electrons. The maximum Gasteiger partial charge on any atom is 0.130 e. The Kier molecular flexibility index (Phi) is 4.01. The summed E-state index contributed by atoms with van der Waals surface area (Å²) in [6.07, 6.45) is 0. The van der Waals surface area contributed by atoms with E-state index in [1.165, 1.54) is 13.2 Å². The molecule has 1 fully saturated rings. The zero-order valence-electron chi connectivity index (χ0n) is 12.5. The third-order valence-electron chi connectivity index (χ3n) is 4.04. The standard InChI is InChI=1S/C16H21FN2O/c1-16(2,3)19-9-11(8-18)14(10-19)13-6-5-12(20-4)7-15(13)17/h5-7,11,14H,9-10H2,1-4H3/t11-,14-/m1/s1. The van der Waals surface area contributed by atoms with Gasteiger partial charge in [-0.05, 0) is 32.4 Å². The van der Waals surface area contributed by atoms with Crippen molar-refractivity contribution in [2.24, 2.45) is 5.92 Å². The van der Waals surface area contributed by atoms with Crippen LogP contribution in [0.3, 0.4) is 0 Å². The summed E-state index contributed by atoms with van der Waals surface area (Å²) >= 11 is 0. The van der Waals surface area contributed by atoms with Gasteiger partial charge in [0, 0.05) is 30.6 Å². The Morgan fingerprint density at radius 3 is 2.55 bits per heavy atom. The second-order valence-electron chi connectivity index (χ2n) is 6.31. The minimum absolute atomic E-state index is 0.00715. The molecule has 3 nitrogen and oxygen atoms in total. The van der Waals surface area contributed by atoms with Gasteiger partial charge in [-0.15, -0.1) is 0 Å². The third kappa shape index (κ3) is 2.78. The second kappa shape index (κ2) is 5.41. The molecule has 1 aromatic carbocycles. The Bertz CT molecular complexity index is 530. The summed E-state index contributed by atoms with van der Waals surface area (Å²) in [5, 5.41) is 9.35. The van der Waals surface area contributed by atoms with Crippen LogP contribution in [0.4, 0.5) is 4.39 Å². The normalized spacial score (nSPS) is 23.6. The number of halogens is 1. The molecule has 0 amide bonds. The number of likely N-dealkylation sites (tertiary alicyclic amines) is 1. The van der Waals surface area contributed by atoms with E-state index < -0.39 is 0 Å². The van der Waals surface area contributed by atoms with Crippen LogP contribution in [0, 0.1) is 23.1 Å². The van der Waals surface area contributed by atoms with Crippen molar-refractivity contribution >= 4 is 0 Å². The predicted molar refractivity (Wildman–Crippen MR) is 76.1 cm³/mol. The number of rotatable bonds is 2. The van der Waals surface area contributed by atoms with E-state index in [1.54, 1.807) is 12.1 Å². The van der Waals surface area contributed by atoms with Crippen molar-refractivity contribution in [3.05, 3.63) is 29.6 Å². The first-order chi connectivity index (χ1) is 9.36. The highest BCUT2D eigenvalue weighted by Crippen LogP contribution is 2.37. The molecule has 1 aromatic rings. The lowest BCUT2D eigenvalue weighted by Crippen LogP contribution is -2.39. The molecule has 1 saturated heterocycles. The molecule has 0 aliphatic carbocycles. The molecule has 0 spiro atoms. The van der Waals surface area contributed by atoms with Crippen molar-refractivity contribution in [2.75, 3.05) is 20.2 Å². The molecule has 108 valence electrons. The SMILES string of the molecule is COc1ccc([C@@H]2CN(C(C)(C)C)C[C@H]2C#N)c(F)c1. The first-order valence-corrected chi connectivity index (χ1v) is 6.85. The van der Waals surface area contributed by atoms with E-state index >= 15 is 0 Å². The molecule has 1 aliphatic heterocycles. The zero-order valence-corrected chi connectivity index (χ0v) is 12.5. The number of hydrogen-bond acceptors (Lipinski definition) is 3. The van der Waals surface area contributed by atoms with Gasteiger partial charge in [0.15, 0.2) is 0 Å². The fourth-order valence-electron chi connectivity index (χ4n) is 2.73. The second-order valence-corrected chi connectivity index (χ2v) is 6.31. The monoisotopic (exact) mass is 276 g/mol. The van der Waals surface area contributed by atoms with Gasteiger partial charge in [0.05, 0.1) is 19.1 Å². The van der Waals surface area contributed by atoms with Crippen LogP contribution in [0.1, 0.15) is 32.3 Å². The molecule has 2 rings (SSSR count). The van der Waals surface area contributed by atoms with Crippen LogP contribution in [0.15, 0.2) is 18.2 Å². The van der Waals surface area contributed by atoms with E-state index in [0.29, 0.717) is 24.4 Å². The third-order valence-corrected chi connectivity index (χ3v) is 4.04. The van der Waals surface area contributed by atoms with Gasteiger partial charge >= 0.3 is 0 Å². The van der Waals surface area contributed by atoms with Crippen molar-refractivity contribution in [1.29, 1.82) is 5.26 Å². The summed E-state index contributed by atoms with van der Waals surface area (Å²) in [7, 11) is 1.52. The Balaban J connectivity index is 2.30. The Hall–Kier alpha value is -1.60. The topological polar surface area (TPSA) is 36.3 Å². The molecule has 1 aliphatic rings. The first-order valence-electron chi connectivity index (χ1n) is 6.85. The van der Waals surface area contributed by atoms with Crippen molar-refractivity contribution in [2.45, 2.75) is 32.2 Å². The number of benzene rings is 1. The smallest absolute Gasteiger partial charge is 0.130 e. The summed E-state index contributed by atoms with van der Waals surface area (Å²) in [5.74, 6) is -0.0296. The van der Waals surface area contributed by atoms with Crippen LogP contribution in [0.2, 0.25) is 0 Å². The number of nitriles is 1. The average Bonchev–Trinajstić information content (AvgIpc) is 2.82. The molecule has 0 saturated carbocycles. The molecule has 0 unspecified atom stereocenters. The molecule has 0 N–H and O–H groups in total. The maximum atomic E-state index is 14.2. The van der Waals surface area contributed by atoms with Crippen molar-refractivity contribution < 1.29 is 9.13 Å². The minimum Gasteiger partial charge on any atom is -0.497 e. The highest BCUT2D eigenvalue weighted by Gasteiger charge is 2.39. The van der Waals surface area contributed by atoms with Crippen molar-refractivity contribution in [3.8, 4) is 11.8 Å². The summed E-state index contributed by atoms with van der Waals surface area (Å²) < 4.78 is 19.2. The first kappa shape index (κ1) is 14.8. The van der Waals surface area contributed by atoms with Crippen LogP contribution >= 0.6 is 0 Å². The van der Waals surface area contributed by atoms with E-state index in [1.807, 2.05) is 0 Å². The molecule has 4 heteroatoms. The van der Waals surface area contributed by atoms with Gasteiger partial charge in [0.25, 0.3) is 0 Å². The summed E-state index contributed by atoms with van der Waals surface area (Å²) in [6, 6.07) is 7.23. The molecule has 1 heterocycles. The lowest BCUT2D eigenvalue weighted by Gasteiger charge is -2.31. The lowest BCUT2D eigenvalue weighted by molar-refractivity contribution is 0.170. The van der Waals surface area contributed by atoms with E-state index in [2.05, 4.69) is 31.7 Å². The highest BCUT2D eigenvalue weighted by atomic mass is 19.1. The van der Waals surface area contributed by atoms with Crippen LogP contribution < -0.4 is 4.74 Å². The number of nitrogens with zero attached hydrogens (tertiary/aromatic N) is 2. The van der Waals surface area contributed by atoms with Crippen LogP contribution in [-0.2, 0) is 0 Å². The summed E-state index contributed by atoms with van der Waals surface area (Å²) in [4.78, 5) is 2.25. The average molecular weight is 276 g/mol. The van der Waals surface area contributed by atoms with Crippen molar-refractivity contribution in [1.82, 2.24) is 4.90 Å². The van der Waals surface area contributed by atoms with Crippen molar-refractivity contribution in [3.63, 3.8) is 0 Å². The fourth-order valence-corrected chi connectivity index (χ4v) is 2.73. The van der Waals surface area contributed by atoms with E-state index in [0.717, 1.165) is 0 Å². The minimum atomic E-state index is -0.287. The molecular formula is C16H21FN2O. The van der Waals surface area contributed by atoms with Gasteiger partial charge in [-0.2, -0.15) is 5.26 Å². The van der Waals surface area contributed by atoms with Gasteiger partial charge in [-0.3, -0.25) is 4.90 Å². The lowest BCUT2D eigenvalue weighted by atomic mass is 9.89. The van der Waals surface area contributed by atoms with Crippen LogP contribution in [0.5, 0.6) is 5.75 Å². The van der Waals surface area contributed by atoms with Gasteiger partial charge in [0.2, 0.25) is 0 Å². The van der Waals surface area contributed by atoms with Gasteiger partial charge in [-0.25, -0.2) is 4.39 Å². The Labute approximate surface area is 120 Å². The van der Waals surface area contributed by atoms with E-state index in [4.69, 9.17) is 4.74 Å². The molecule has 0 aromatic heterocycles. The summed E-state index contributed by atoms with van der Waals surface area (Å²) in [6.45, 7) is 7.76. The van der Waals surface area contributed by atoms with Crippen LogP contribution in [0.25, 0.3) is 0 Å². The van der Waals surface area contributed by atoms with Gasteiger partial charge in [-0.1, -0.05) is 6.07 Å². The highest BCUT2D eigenvalue weighted by molar-refractivity contribution is 5.33. The zero-order chi connectivity index (χ0) is 14.9. The van der Waals surface area contributed by atoms with Gasteiger partial charge < -0.3 is 4.74 Å². The Morgan fingerprint density at radius 1 is 1.35 bits per heavy atom. The molecule has 2 atom stereocenters. The maximum absolute atomic E-state index is 14.2. The fraction of sp³-hybridized carbons (Fsp3) is 0.562. The Morgan fingerprint density at radius 2 is 2.05 bits per heavy atom. The number of ether oxygens (including phenoxy) is 1. The molecule has 0 bridgehead atoms. The number of hydrogen-bond donors (Lipinski definition) is 0. The molecular weight excluding hydrogens is 255 g/mol. The quantitative estimate of drug-likeness (QED) is 0.832. The van der Waals surface area contributed by atoms with E-state index in [9.17, 15) is 9.65 Å². The van der Waals surface area contributed by atoms with Gasteiger partial charge in [0.1, 0.15) is 11.6 Å².